The van der Waals surface area contributed by atoms with E-state index in [0.717, 1.165) is 4.47 Å². The van der Waals surface area contributed by atoms with Crippen molar-refractivity contribution in [1.82, 2.24) is 34.2 Å². The molecule has 158 valence electrons. The summed E-state index contributed by atoms with van der Waals surface area (Å²) < 4.78 is 11.0. The molecule has 1 saturated heterocycles. The topological polar surface area (TPSA) is 112 Å². The fourth-order valence-electron chi connectivity index (χ4n) is 3.17. The number of nitrogens with zero attached hydrogens (tertiary/aromatic N) is 7. The van der Waals surface area contributed by atoms with E-state index < -0.39 is 5.91 Å². The van der Waals surface area contributed by atoms with E-state index in [1.165, 1.54) is 6.20 Å². The number of hydrogen-bond donors (Lipinski definition) is 1. The van der Waals surface area contributed by atoms with Gasteiger partial charge in [-0.25, -0.2) is 4.68 Å². The summed E-state index contributed by atoms with van der Waals surface area (Å²) in [5, 5.41) is 15.5. The van der Waals surface area contributed by atoms with Gasteiger partial charge >= 0.3 is 0 Å². The van der Waals surface area contributed by atoms with Crippen LogP contribution in [-0.4, -0.2) is 72.4 Å². The molecule has 1 N–H and O–H groups in total. The number of hydrogen-bond acceptors (Lipinski definition) is 6. The van der Waals surface area contributed by atoms with Crippen molar-refractivity contribution in [2.75, 3.05) is 31.6 Å². The molecular formula is C18H21BrN8O3. The predicted octanol–water partition coefficient (Wildman–Crippen LogP) is 1.29. The van der Waals surface area contributed by atoms with E-state index in [1.54, 1.807) is 37.4 Å². The second-order valence-corrected chi connectivity index (χ2v) is 7.58. The van der Waals surface area contributed by atoms with Crippen molar-refractivity contribution < 1.29 is 14.3 Å². The number of aryl methyl sites for hydroxylation is 1. The van der Waals surface area contributed by atoms with E-state index in [2.05, 4.69) is 36.5 Å². The van der Waals surface area contributed by atoms with Crippen LogP contribution in [0, 0.1) is 0 Å². The Labute approximate surface area is 180 Å². The van der Waals surface area contributed by atoms with Gasteiger partial charge in [-0.15, -0.1) is 0 Å². The summed E-state index contributed by atoms with van der Waals surface area (Å²) in [7, 11) is 0. The van der Waals surface area contributed by atoms with E-state index in [9.17, 15) is 9.59 Å². The smallest absolute Gasteiger partial charge is 0.276 e. The summed E-state index contributed by atoms with van der Waals surface area (Å²) in [5.74, 6) is -0.593. The third-order valence-electron chi connectivity index (χ3n) is 4.65. The van der Waals surface area contributed by atoms with Crippen LogP contribution in [0.4, 0.5) is 5.69 Å². The van der Waals surface area contributed by atoms with Crippen LogP contribution in [0.1, 0.15) is 27.9 Å². The Kier molecular flexibility index (Phi) is 5.95. The van der Waals surface area contributed by atoms with Crippen LogP contribution in [0.15, 0.2) is 35.3 Å². The summed E-state index contributed by atoms with van der Waals surface area (Å²) in [5.41, 5.74) is 0.952. The second-order valence-electron chi connectivity index (χ2n) is 6.66. The lowest BCUT2D eigenvalue weighted by Gasteiger charge is -2.27. The Morgan fingerprint density at radius 3 is 2.70 bits per heavy atom. The molecule has 0 saturated carbocycles. The molecule has 12 heteroatoms. The van der Waals surface area contributed by atoms with Crippen LogP contribution in [0.25, 0.3) is 0 Å². The van der Waals surface area contributed by atoms with Crippen molar-refractivity contribution in [2.45, 2.75) is 20.1 Å². The van der Waals surface area contributed by atoms with E-state index in [1.807, 2.05) is 13.1 Å². The van der Waals surface area contributed by atoms with Crippen molar-refractivity contribution in [1.29, 1.82) is 0 Å². The largest absolute Gasteiger partial charge is 0.378 e. The minimum Gasteiger partial charge on any atom is -0.378 e. The molecule has 4 heterocycles. The molecule has 2 amide bonds. The Hall–Kier alpha value is -2.99. The third-order valence-corrected chi connectivity index (χ3v) is 5.06. The van der Waals surface area contributed by atoms with Gasteiger partial charge in [-0.1, -0.05) is 0 Å². The third kappa shape index (κ3) is 4.28. The van der Waals surface area contributed by atoms with Gasteiger partial charge in [0.2, 0.25) is 0 Å². The highest BCUT2D eigenvalue weighted by Crippen LogP contribution is 2.19. The van der Waals surface area contributed by atoms with Crippen molar-refractivity contribution in [3.05, 3.63) is 46.7 Å². The minimum absolute atomic E-state index is 0.178. The zero-order valence-corrected chi connectivity index (χ0v) is 17.9. The number of halogens is 1. The summed E-state index contributed by atoms with van der Waals surface area (Å²) in [6, 6.07) is 1.61. The molecule has 0 unspecified atom stereocenters. The first-order valence-corrected chi connectivity index (χ1v) is 10.3. The van der Waals surface area contributed by atoms with Crippen LogP contribution in [-0.2, 0) is 18.0 Å². The first-order valence-electron chi connectivity index (χ1n) is 9.50. The Morgan fingerprint density at radius 1 is 1.20 bits per heavy atom. The SMILES string of the molecule is CCn1ncc(NC(=O)c2ccn(Cn3cc(Br)cn3)n2)c1C(=O)N1CCOCC1. The molecule has 4 rings (SSSR count). The number of ether oxygens (including phenoxy) is 1. The lowest BCUT2D eigenvalue weighted by atomic mass is 10.2. The number of amides is 2. The number of carbonyl (C=O) groups excluding carboxylic acids is 2. The number of morpholine rings is 1. The molecule has 3 aromatic rings. The van der Waals surface area contributed by atoms with Gasteiger partial charge in [0.25, 0.3) is 11.8 Å². The van der Waals surface area contributed by atoms with Crippen LogP contribution < -0.4 is 5.32 Å². The van der Waals surface area contributed by atoms with E-state index in [0.29, 0.717) is 50.9 Å². The number of aromatic nitrogens is 6. The van der Waals surface area contributed by atoms with Gasteiger partial charge in [0.1, 0.15) is 12.4 Å². The first kappa shape index (κ1) is 20.3. The molecule has 0 radical (unpaired) electrons. The monoisotopic (exact) mass is 476 g/mol. The van der Waals surface area contributed by atoms with Crippen molar-refractivity contribution in [3.63, 3.8) is 0 Å². The molecule has 0 aliphatic carbocycles. The summed E-state index contributed by atoms with van der Waals surface area (Å²) in [6.07, 6.45) is 6.67. The standard InChI is InChI=1S/C18H21BrN8O3/c1-2-27-16(18(29)24-5-7-30-8-6-24)15(10-21-27)22-17(28)14-3-4-25(23-14)12-26-11-13(19)9-20-26/h3-4,9-11H,2,5-8,12H2,1H3,(H,22,28). The Balaban J connectivity index is 1.49. The number of carbonyl (C=O) groups is 2. The van der Waals surface area contributed by atoms with Gasteiger partial charge in [0, 0.05) is 32.0 Å². The van der Waals surface area contributed by atoms with E-state index >= 15 is 0 Å². The molecule has 1 aliphatic rings. The normalized spacial score (nSPS) is 14.1. The maximum atomic E-state index is 13.0. The van der Waals surface area contributed by atoms with Crippen LogP contribution in [0.3, 0.4) is 0 Å². The molecule has 1 aliphatic heterocycles. The number of anilines is 1. The zero-order chi connectivity index (χ0) is 21.1. The molecule has 0 bridgehead atoms. The van der Waals surface area contributed by atoms with Crippen LogP contribution >= 0.6 is 15.9 Å². The highest BCUT2D eigenvalue weighted by atomic mass is 79.9. The van der Waals surface area contributed by atoms with E-state index in [4.69, 9.17) is 4.74 Å². The van der Waals surface area contributed by atoms with Crippen molar-refractivity contribution in [2.24, 2.45) is 0 Å². The molecule has 0 spiro atoms. The molecule has 11 nitrogen and oxygen atoms in total. The first-order chi connectivity index (χ1) is 14.5. The van der Waals surface area contributed by atoms with Gasteiger partial charge < -0.3 is 15.0 Å². The maximum Gasteiger partial charge on any atom is 0.276 e. The highest BCUT2D eigenvalue weighted by molar-refractivity contribution is 9.10. The average molecular weight is 477 g/mol. The predicted molar refractivity (Wildman–Crippen MR) is 110 cm³/mol. The number of nitrogens with one attached hydrogen (secondary N) is 1. The van der Waals surface area contributed by atoms with Crippen LogP contribution in [0.2, 0.25) is 0 Å². The fourth-order valence-corrected chi connectivity index (χ4v) is 3.50. The minimum atomic E-state index is -0.415. The van der Waals surface area contributed by atoms with Gasteiger partial charge in [-0.2, -0.15) is 15.3 Å². The summed E-state index contributed by atoms with van der Waals surface area (Å²) in [6.45, 7) is 4.78. The molecule has 1 fully saturated rings. The van der Waals surface area contributed by atoms with E-state index in [-0.39, 0.29) is 11.6 Å². The Bertz CT molecular complexity index is 1050. The fraction of sp³-hybridized carbons (Fsp3) is 0.389. The quantitative estimate of drug-likeness (QED) is 0.573. The average Bonchev–Trinajstić information content (AvgIpc) is 3.48. The summed E-state index contributed by atoms with van der Waals surface area (Å²) in [4.78, 5) is 27.5. The number of rotatable bonds is 6. The van der Waals surface area contributed by atoms with Gasteiger partial charge in [-0.3, -0.25) is 19.0 Å². The van der Waals surface area contributed by atoms with Gasteiger partial charge in [-0.05, 0) is 28.9 Å². The zero-order valence-electron chi connectivity index (χ0n) is 16.4. The summed E-state index contributed by atoms with van der Waals surface area (Å²) >= 11 is 3.34. The van der Waals surface area contributed by atoms with Crippen molar-refractivity contribution >= 4 is 33.4 Å². The molecular weight excluding hydrogens is 456 g/mol. The van der Waals surface area contributed by atoms with Gasteiger partial charge in [0.15, 0.2) is 5.69 Å². The highest BCUT2D eigenvalue weighted by Gasteiger charge is 2.26. The molecule has 0 aromatic carbocycles. The maximum absolute atomic E-state index is 13.0. The molecule has 30 heavy (non-hydrogen) atoms. The molecule has 0 atom stereocenters. The lowest BCUT2D eigenvalue weighted by Crippen LogP contribution is -2.41. The van der Waals surface area contributed by atoms with Crippen LogP contribution in [0.5, 0.6) is 0 Å². The van der Waals surface area contributed by atoms with Gasteiger partial charge in [0.05, 0.1) is 35.8 Å². The second kappa shape index (κ2) is 8.79. The Morgan fingerprint density at radius 2 is 2.00 bits per heavy atom. The lowest BCUT2D eigenvalue weighted by molar-refractivity contribution is 0.0295. The van der Waals surface area contributed by atoms with Crippen molar-refractivity contribution in [3.8, 4) is 0 Å². The molecule has 3 aromatic heterocycles.